The van der Waals surface area contributed by atoms with Crippen molar-refractivity contribution in [2.45, 2.75) is 6.61 Å². The number of rotatable bonds is 6. The summed E-state index contributed by atoms with van der Waals surface area (Å²) in [4.78, 5) is 27.4. The molecule has 0 fully saturated rings. The molecule has 140 valence electrons. The van der Waals surface area contributed by atoms with Gasteiger partial charge in [0.1, 0.15) is 23.9 Å². The SMILES string of the molecule is COc1cc(OC)cc(C(=O)OCc2cc3cc(OC)ccc3[nH]c2=O)c1. The van der Waals surface area contributed by atoms with Crippen LogP contribution in [0.1, 0.15) is 15.9 Å². The van der Waals surface area contributed by atoms with Gasteiger partial charge >= 0.3 is 5.97 Å². The minimum Gasteiger partial charge on any atom is -0.497 e. The maximum Gasteiger partial charge on any atom is 0.338 e. The van der Waals surface area contributed by atoms with E-state index in [1.165, 1.54) is 14.2 Å². The fourth-order valence-electron chi connectivity index (χ4n) is 2.62. The number of fused-ring (bicyclic) bond motifs is 1. The Morgan fingerprint density at radius 2 is 1.56 bits per heavy atom. The van der Waals surface area contributed by atoms with Gasteiger partial charge in [0.2, 0.25) is 0 Å². The number of carbonyl (C=O) groups is 1. The van der Waals surface area contributed by atoms with Crippen LogP contribution in [0.25, 0.3) is 10.9 Å². The number of aromatic nitrogens is 1. The summed E-state index contributed by atoms with van der Waals surface area (Å²) in [5.74, 6) is 1.02. The van der Waals surface area contributed by atoms with Crippen LogP contribution in [0.15, 0.2) is 47.3 Å². The van der Waals surface area contributed by atoms with Gasteiger partial charge < -0.3 is 23.9 Å². The van der Waals surface area contributed by atoms with Gasteiger partial charge in [-0.15, -0.1) is 0 Å². The maximum absolute atomic E-state index is 12.4. The molecule has 1 aromatic heterocycles. The Hall–Kier alpha value is -3.48. The fourth-order valence-corrected chi connectivity index (χ4v) is 2.62. The largest absolute Gasteiger partial charge is 0.497 e. The average Bonchev–Trinajstić information content (AvgIpc) is 2.71. The number of H-pyrrole nitrogens is 1. The van der Waals surface area contributed by atoms with E-state index >= 15 is 0 Å². The van der Waals surface area contributed by atoms with Gasteiger partial charge in [-0.1, -0.05) is 0 Å². The molecule has 0 saturated carbocycles. The molecule has 0 aliphatic carbocycles. The molecule has 3 aromatic rings. The fraction of sp³-hybridized carbons (Fsp3) is 0.200. The number of pyridine rings is 1. The van der Waals surface area contributed by atoms with Crippen LogP contribution in [0, 0.1) is 0 Å². The van der Waals surface area contributed by atoms with Crippen LogP contribution in [0.4, 0.5) is 0 Å². The van der Waals surface area contributed by atoms with E-state index in [9.17, 15) is 9.59 Å². The van der Waals surface area contributed by atoms with E-state index in [-0.39, 0.29) is 17.7 Å². The van der Waals surface area contributed by atoms with Gasteiger partial charge in [-0.25, -0.2) is 4.79 Å². The molecule has 7 nitrogen and oxygen atoms in total. The van der Waals surface area contributed by atoms with Gasteiger partial charge in [-0.3, -0.25) is 4.79 Å². The third kappa shape index (κ3) is 4.03. The van der Waals surface area contributed by atoms with Crippen LogP contribution < -0.4 is 19.8 Å². The third-order valence-corrected chi connectivity index (χ3v) is 4.07. The molecule has 0 atom stereocenters. The molecule has 27 heavy (non-hydrogen) atoms. The molecule has 0 unspecified atom stereocenters. The summed E-state index contributed by atoms with van der Waals surface area (Å²) < 4.78 is 20.8. The van der Waals surface area contributed by atoms with Crippen LogP contribution >= 0.6 is 0 Å². The molecule has 0 bridgehead atoms. The molecule has 0 radical (unpaired) electrons. The van der Waals surface area contributed by atoms with Crippen molar-refractivity contribution >= 4 is 16.9 Å². The van der Waals surface area contributed by atoms with E-state index in [1.54, 1.807) is 49.6 Å². The van der Waals surface area contributed by atoms with Gasteiger partial charge in [0.25, 0.3) is 5.56 Å². The number of hydrogen-bond acceptors (Lipinski definition) is 6. The number of carbonyl (C=O) groups excluding carboxylic acids is 1. The third-order valence-electron chi connectivity index (χ3n) is 4.07. The molecule has 1 N–H and O–H groups in total. The summed E-state index contributed by atoms with van der Waals surface area (Å²) in [5, 5.41) is 0.781. The number of benzene rings is 2. The predicted molar refractivity (Wildman–Crippen MR) is 99.8 cm³/mol. The minimum absolute atomic E-state index is 0.166. The first-order valence-electron chi connectivity index (χ1n) is 8.14. The first kappa shape index (κ1) is 18.3. The quantitative estimate of drug-likeness (QED) is 0.673. The van der Waals surface area contributed by atoms with Gasteiger partial charge in [0, 0.05) is 17.0 Å². The standard InChI is InChI=1S/C20H19NO6/c1-24-15-4-5-18-12(7-15)6-14(19(22)21-18)11-27-20(23)13-8-16(25-2)10-17(9-13)26-3/h4-10H,11H2,1-3H3,(H,21,22). The zero-order valence-corrected chi connectivity index (χ0v) is 15.2. The molecule has 1 heterocycles. The second kappa shape index (κ2) is 7.82. The Balaban J connectivity index is 1.82. The Morgan fingerprint density at radius 1 is 0.889 bits per heavy atom. The van der Waals surface area contributed by atoms with Crippen LogP contribution in [-0.2, 0) is 11.3 Å². The highest BCUT2D eigenvalue weighted by molar-refractivity contribution is 5.90. The summed E-state index contributed by atoms with van der Waals surface area (Å²) in [7, 11) is 4.55. The van der Waals surface area contributed by atoms with E-state index < -0.39 is 5.97 Å². The highest BCUT2D eigenvalue weighted by atomic mass is 16.5. The van der Waals surface area contributed by atoms with Crippen LogP contribution in [0.3, 0.4) is 0 Å². The van der Waals surface area contributed by atoms with Gasteiger partial charge in [-0.2, -0.15) is 0 Å². The van der Waals surface area contributed by atoms with Crippen molar-refractivity contribution in [3.63, 3.8) is 0 Å². The van der Waals surface area contributed by atoms with E-state index in [0.29, 0.717) is 28.3 Å². The molecular formula is C20H19NO6. The van der Waals surface area contributed by atoms with Gasteiger partial charge in [-0.05, 0) is 36.4 Å². The second-order valence-electron chi connectivity index (χ2n) is 5.75. The van der Waals surface area contributed by atoms with Crippen molar-refractivity contribution in [2.75, 3.05) is 21.3 Å². The average molecular weight is 369 g/mol. The molecule has 7 heteroatoms. The normalized spacial score (nSPS) is 10.5. The summed E-state index contributed by atoms with van der Waals surface area (Å²) in [5.41, 5.74) is 0.959. The molecule has 0 saturated heterocycles. The Labute approximate surface area is 155 Å². The van der Waals surface area contributed by atoms with E-state index in [1.807, 2.05) is 0 Å². The van der Waals surface area contributed by atoms with E-state index in [4.69, 9.17) is 18.9 Å². The molecule has 0 spiro atoms. The molecule has 0 aliphatic heterocycles. The van der Waals surface area contributed by atoms with Crippen molar-refractivity contribution in [1.82, 2.24) is 4.98 Å². The van der Waals surface area contributed by atoms with Crippen LogP contribution in [0.5, 0.6) is 17.2 Å². The van der Waals surface area contributed by atoms with Gasteiger partial charge in [0.05, 0.1) is 32.5 Å². The zero-order valence-electron chi connectivity index (χ0n) is 15.2. The zero-order chi connectivity index (χ0) is 19.4. The Kier molecular flexibility index (Phi) is 5.30. The highest BCUT2D eigenvalue weighted by Crippen LogP contribution is 2.23. The molecule has 3 rings (SSSR count). The van der Waals surface area contributed by atoms with Gasteiger partial charge in [0.15, 0.2) is 0 Å². The lowest BCUT2D eigenvalue weighted by Gasteiger charge is -2.09. The number of methoxy groups -OCH3 is 3. The number of hydrogen-bond donors (Lipinski definition) is 1. The Morgan fingerprint density at radius 3 is 2.19 bits per heavy atom. The van der Waals surface area contributed by atoms with E-state index in [2.05, 4.69) is 4.98 Å². The summed E-state index contributed by atoms with van der Waals surface area (Å²) in [6, 6.07) is 11.7. The molecule has 2 aromatic carbocycles. The summed E-state index contributed by atoms with van der Waals surface area (Å²) in [6.45, 7) is -0.166. The second-order valence-corrected chi connectivity index (χ2v) is 5.75. The number of ether oxygens (including phenoxy) is 4. The lowest BCUT2D eigenvalue weighted by molar-refractivity contribution is 0.0470. The topological polar surface area (TPSA) is 86.8 Å². The Bertz CT molecular complexity index is 1020. The molecule has 0 aliphatic rings. The van der Waals surface area contributed by atoms with Crippen molar-refractivity contribution in [1.29, 1.82) is 0 Å². The monoisotopic (exact) mass is 369 g/mol. The van der Waals surface area contributed by atoms with Crippen molar-refractivity contribution in [3.8, 4) is 17.2 Å². The van der Waals surface area contributed by atoms with Crippen molar-refractivity contribution in [2.24, 2.45) is 0 Å². The maximum atomic E-state index is 12.4. The minimum atomic E-state index is -0.586. The number of esters is 1. The first-order chi connectivity index (χ1) is 13.0. The van der Waals surface area contributed by atoms with Crippen molar-refractivity contribution < 1.29 is 23.7 Å². The molecular weight excluding hydrogens is 350 g/mol. The van der Waals surface area contributed by atoms with Crippen molar-refractivity contribution in [3.05, 3.63) is 63.9 Å². The van der Waals surface area contributed by atoms with Crippen LogP contribution in [-0.4, -0.2) is 32.3 Å². The lowest BCUT2D eigenvalue weighted by atomic mass is 10.1. The van der Waals surface area contributed by atoms with E-state index in [0.717, 1.165) is 5.39 Å². The lowest BCUT2D eigenvalue weighted by Crippen LogP contribution is -2.15. The predicted octanol–water partition coefficient (Wildman–Crippen LogP) is 2.91. The number of nitrogens with one attached hydrogen (secondary N) is 1. The number of aromatic amines is 1. The smallest absolute Gasteiger partial charge is 0.338 e. The summed E-state index contributed by atoms with van der Waals surface area (Å²) >= 11 is 0. The van der Waals surface area contributed by atoms with Crippen LogP contribution in [0.2, 0.25) is 0 Å². The summed E-state index contributed by atoms with van der Waals surface area (Å²) in [6.07, 6.45) is 0. The highest BCUT2D eigenvalue weighted by Gasteiger charge is 2.13. The first-order valence-corrected chi connectivity index (χ1v) is 8.14. The molecule has 0 amide bonds.